The lowest BCUT2D eigenvalue weighted by atomic mass is 10.1. The molecule has 0 aliphatic carbocycles. The number of para-hydroxylation sites is 1. The minimum absolute atomic E-state index is 0.181. The number of aromatic nitrogens is 3. The Balaban J connectivity index is 2.24. The van der Waals surface area contributed by atoms with Crippen LogP contribution in [0.3, 0.4) is 0 Å². The molecule has 0 saturated heterocycles. The van der Waals surface area contributed by atoms with Crippen LogP contribution in [-0.2, 0) is 7.05 Å². The van der Waals surface area contributed by atoms with Gasteiger partial charge in [0, 0.05) is 18.7 Å². The second kappa shape index (κ2) is 3.94. The standard InChI is InChI=1S/C13H11N3O3/c1-7-14-12-8(4-3-5-10(12)16(7)2)9-6-11(13(17)18)19-15-9/h3-6H,1-2H3,(H,17,18). The topological polar surface area (TPSA) is 81.2 Å². The van der Waals surface area contributed by atoms with Gasteiger partial charge in [0.1, 0.15) is 11.5 Å². The Labute approximate surface area is 108 Å². The monoisotopic (exact) mass is 257 g/mol. The molecule has 6 heteroatoms. The van der Waals surface area contributed by atoms with Crippen molar-refractivity contribution in [2.24, 2.45) is 7.05 Å². The molecule has 2 aromatic heterocycles. The van der Waals surface area contributed by atoms with Crippen molar-refractivity contribution in [2.45, 2.75) is 6.92 Å². The highest BCUT2D eigenvalue weighted by molar-refractivity contribution is 5.93. The summed E-state index contributed by atoms with van der Waals surface area (Å²) in [4.78, 5) is 15.3. The Bertz CT molecular complexity index is 786. The second-order valence-corrected chi connectivity index (χ2v) is 4.27. The lowest BCUT2D eigenvalue weighted by Crippen LogP contribution is -1.91. The van der Waals surface area contributed by atoms with E-state index in [2.05, 4.69) is 10.1 Å². The lowest BCUT2D eigenvalue weighted by Gasteiger charge is -1.98. The number of carbonyl (C=O) groups is 1. The normalized spacial score (nSPS) is 11.1. The summed E-state index contributed by atoms with van der Waals surface area (Å²) >= 11 is 0. The molecule has 0 atom stereocenters. The molecule has 0 unspecified atom stereocenters. The van der Waals surface area contributed by atoms with Gasteiger partial charge in [-0.25, -0.2) is 9.78 Å². The van der Waals surface area contributed by atoms with E-state index in [1.165, 1.54) is 6.07 Å². The van der Waals surface area contributed by atoms with Crippen molar-refractivity contribution >= 4 is 17.0 Å². The van der Waals surface area contributed by atoms with Gasteiger partial charge in [0.25, 0.3) is 0 Å². The number of nitrogens with zero attached hydrogens (tertiary/aromatic N) is 3. The van der Waals surface area contributed by atoms with Gasteiger partial charge in [-0.3, -0.25) is 0 Å². The van der Waals surface area contributed by atoms with Gasteiger partial charge >= 0.3 is 5.97 Å². The summed E-state index contributed by atoms with van der Waals surface area (Å²) in [6.45, 7) is 1.91. The van der Waals surface area contributed by atoms with E-state index < -0.39 is 5.97 Å². The zero-order chi connectivity index (χ0) is 13.6. The van der Waals surface area contributed by atoms with Crippen LogP contribution in [0.5, 0.6) is 0 Å². The number of carboxylic acid groups (broad SMARTS) is 1. The van der Waals surface area contributed by atoms with Crippen molar-refractivity contribution in [3.05, 3.63) is 35.9 Å². The number of hydrogen-bond donors (Lipinski definition) is 1. The van der Waals surface area contributed by atoms with Crippen molar-refractivity contribution in [2.75, 3.05) is 0 Å². The molecule has 19 heavy (non-hydrogen) atoms. The molecule has 0 radical (unpaired) electrons. The molecule has 0 fully saturated rings. The number of aromatic carboxylic acids is 1. The molecular weight excluding hydrogens is 246 g/mol. The maximum Gasteiger partial charge on any atom is 0.374 e. The molecule has 2 heterocycles. The molecule has 3 aromatic rings. The lowest BCUT2D eigenvalue weighted by molar-refractivity contribution is 0.0652. The Morgan fingerprint density at radius 3 is 2.89 bits per heavy atom. The minimum Gasteiger partial charge on any atom is -0.475 e. The van der Waals surface area contributed by atoms with E-state index in [0.29, 0.717) is 5.69 Å². The molecule has 6 nitrogen and oxygen atoms in total. The van der Waals surface area contributed by atoms with Gasteiger partial charge in [-0.05, 0) is 13.0 Å². The Kier molecular flexibility index (Phi) is 2.38. The highest BCUT2D eigenvalue weighted by Crippen LogP contribution is 2.27. The van der Waals surface area contributed by atoms with Crippen LogP contribution >= 0.6 is 0 Å². The summed E-state index contributed by atoms with van der Waals surface area (Å²) in [5, 5.41) is 12.6. The molecule has 0 saturated carbocycles. The zero-order valence-electron chi connectivity index (χ0n) is 10.4. The summed E-state index contributed by atoms with van der Waals surface area (Å²) in [7, 11) is 1.93. The summed E-state index contributed by atoms with van der Waals surface area (Å²) in [6.07, 6.45) is 0. The van der Waals surface area contributed by atoms with Crippen LogP contribution in [0.2, 0.25) is 0 Å². The van der Waals surface area contributed by atoms with E-state index in [0.717, 1.165) is 22.4 Å². The second-order valence-electron chi connectivity index (χ2n) is 4.27. The molecule has 3 rings (SSSR count). The van der Waals surface area contributed by atoms with Gasteiger partial charge in [0.05, 0.1) is 11.0 Å². The molecule has 1 aromatic carbocycles. The Morgan fingerprint density at radius 2 is 2.21 bits per heavy atom. The van der Waals surface area contributed by atoms with Crippen LogP contribution in [0, 0.1) is 6.92 Å². The van der Waals surface area contributed by atoms with Gasteiger partial charge in [0.2, 0.25) is 5.76 Å². The number of fused-ring (bicyclic) bond motifs is 1. The first-order chi connectivity index (χ1) is 9.08. The maximum absolute atomic E-state index is 10.8. The Morgan fingerprint density at radius 1 is 1.42 bits per heavy atom. The largest absolute Gasteiger partial charge is 0.475 e. The van der Waals surface area contributed by atoms with Crippen molar-refractivity contribution < 1.29 is 14.4 Å². The summed E-state index contributed by atoms with van der Waals surface area (Å²) in [5.41, 5.74) is 2.99. The van der Waals surface area contributed by atoms with Gasteiger partial charge in [0.15, 0.2) is 0 Å². The molecule has 0 spiro atoms. The third-order valence-electron chi connectivity index (χ3n) is 3.13. The van der Waals surface area contributed by atoms with E-state index in [-0.39, 0.29) is 5.76 Å². The minimum atomic E-state index is -1.14. The van der Waals surface area contributed by atoms with Crippen molar-refractivity contribution in [1.82, 2.24) is 14.7 Å². The van der Waals surface area contributed by atoms with Crippen molar-refractivity contribution in [3.63, 3.8) is 0 Å². The predicted molar refractivity (Wildman–Crippen MR) is 67.9 cm³/mol. The highest BCUT2D eigenvalue weighted by atomic mass is 16.5. The van der Waals surface area contributed by atoms with Crippen molar-refractivity contribution in [1.29, 1.82) is 0 Å². The number of aryl methyl sites for hydroxylation is 2. The smallest absolute Gasteiger partial charge is 0.374 e. The van der Waals surface area contributed by atoms with Crippen LogP contribution in [0.15, 0.2) is 28.8 Å². The van der Waals surface area contributed by atoms with E-state index in [1.54, 1.807) is 0 Å². The molecule has 0 aliphatic rings. The molecule has 0 aliphatic heterocycles. The third kappa shape index (κ3) is 1.69. The average Bonchev–Trinajstić information content (AvgIpc) is 2.96. The first-order valence-corrected chi connectivity index (χ1v) is 5.70. The molecule has 0 amide bonds. The van der Waals surface area contributed by atoms with E-state index in [1.807, 2.05) is 36.7 Å². The van der Waals surface area contributed by atoms with Crippen LogP contribution < -0.4 is 0 Å². The Hall–Kier alpha value is -2.63. The fourth-order valence-electron chi connectivity index (χ4n) is 2.04. The van der Waals surface area contributed by atoms with Crippen molar-refractivity contribution in [3.8, 4) is 11.3 Å². The summed E-state index contributed by atoms with van der Waals surface area (Å²) in [5.74, 6) is -0.438. The zero-order valence-corrected chi connectivity index (χ0v) is 10.4. The van der Waals surface area contributed by atoms with Gasteiger partial charge in [-0.15, -0.1) is 0 Å². The van der Waals surface area contributed by atoms with Gasteiger partial charge < -0.3 is 14.2 Å². The highest BCUT2D eigenvalue weighted by Gasteiger charge is 2.16. The number of carboxylic acids is 1. The average molecular weight is 257 g/mol. The van der Waals surface area contributed by atoms with Gasteiger partial charge in [-0.1, -0.05) is 17.3 Å². The van der Waals surface area contributed by atoms with E-state index in [4.69, 9.17) is 9.63 Å². The number of rotatable bonds is 2. The van der Waals surface area contributed by atoms with Crippen LogP contribution in [0.4, 0.5) is 0 Å². The fraction of sp³-hybridized carbons (Fsp3) is 0.154. The summed E-state index contributed by atoms with van der Waals surface area (Å²) in [6, 6.07) is 7.09. The van der Waals surface area contributed by atoms with Crippen LogP contribution in [0.1, 0.15) is 16.4 Å². The molecule has 96 valence electrons. The maximum atomic E-state index is 10.8. The van der Waals surface area contributed by atoms with Crippen LogP contribution in [-0.4, -0.2) is 25.8 Å². The van der Waals surface area contributed by atoms with Gasteiger partial charge in [-0.2, -0.15) is 0 Å². The fourth-order valence-corrected chi connectivity index (χ4v) is 2.04. The number of hydrogen-bond acceptors (Lipinski definition) is 4. The van der Waals surface area contributed by atoms with Crippen LogP contribution in [0.25, 0.3) is 22.3 Å². The molecule has 1 N–H and O–H groups in total. The first kappa shape index (κ1) is 11.5. The number of benzene rings is 1. The SMILES string of the molecule is Cc1nc2c(-c3cc(C(=O)O)on3)cccc2n1C. The number of imidazole rings is 1. The predicted octanol–water partition coefficient (Wildman–Crippen LogP) is 2.23. The molecular formula is C13H11N3O3. The first-order valence-electron chi connectivity index (χ1n) is 5.70. The third-order valence-corrected chi connectivity index (χ3v) is 3.13. The van der Waals surface area contributed by atoms with E-state index in [9.17, 15) is 4.79 Å². The molecule has 0 bridgehead atoms. The summed E-state index contributed by atoms with van der Waals surface area (Å²) < 4.78 is 6.75. The van der Waals surface area contributed by atoms with E-state index >= 15 is 0 Å². The quantitative estimate of drug-likeness (QED) is 0.761.